The highest BCUT2D eigenvalue weighted by molar-refractivity contribution is 5.92. The van der Waals surface area contributed by atoms with Gasteiger partial charge in [-0.3, -0.25) is 4.79 Å². The SMILES string of the molecule is CCCCO/C=C(\C)C(=O)NCO. The Kier molecular flexibility index (Phi) is 7.01. The number of carbonyl (C=O) groups is 1. The minimum absolute atomic E-state index is 0.306. The minimum atomic E-state index is -0.348. The fourth-order valence-electron chi connectivity index (χ4n) is 0.676. The molecule has 0 atom stereocenters. The van der Waals surface area contributed by atoms with Crippen LogP contribution in [-0.2, 0) is 9.53 Å². The van der Waals surface area contributed by atoms with Gasteiger partial charge in [-0.15, -0.1) is 0 Å². The van der Waals surface area contributed by atoms with Crippen molar-refractivity contribution in [3.8, 4) is 0 Å². The summed E-state index contributed by atoms with van der Waals surface area (Å²) >= 11 is 0. The molecule has 0 aliphatic rings. The Balaban J connectivity index is 3.67. The number of rotatable bonds is 6. The van der Waals surface area contributed by atoms with Crippen LogP contribution in [0.4, 0.5) is 0 Å². The van der Waals surface area contributed by atoms with Crippen LogP contribution in [0.1, 0.15) is 26.7 Å². The average molecular weight is 187 g/mol. The van der Waals surface area contributed by atoms with E-state index in [9.17, 15) is 4.79 Å². The highest BCUT2D eigenvalue weighted by Gasteiger charge is 2.01. The molecule has 0 unspecified atom stereocenters. The number of amides is 1. The largest absolute Gasteiger partial charge is 0.501 e. The third-order valence-corrected chi connectivity index (χ3v) is 1.47. The van der Waals surface area contributed by atoms with Crippen molar-refractivity contribution in [1.82, 2.24) is 5.32 Å². The predicted molar refractivity (Wildman–Crippen MR) is 49.8 cm³/mol. The first-order chi connectivity index (χ1) is 6.22. The van der Waals surface area contributed by atoms with Crippen LogP contribution < -0.4 is 5.32 Å². The van der Waals surface area contributed by atoms with E-state index in [2.05, 4.69) is 12.2 Å². The van der Waals surface area contributed by atoms with Crippen LogP contribution in [-0.4, -0.2) is 24.4 Å². The molecule has 2 N–H and O–H groups in total. The van der Waals surface area contributed by atoms with Crippen LogP contribution >= 0.6 is 0 Å². The summed E-state index contributed by atoms with van der Waals surface area (Å²) in [5.41, 5.74) is 0.463. The number of hydrogen-bond donors (Lipinski definition) is 2. The lowest BCUT2D eigenvalue weighted by molar-refractivity contribution is -0.118. The minimum Gasteiger partial charge on any atom is -0.501 e. The molecule has 0 heterocycles. The van der Waals surface area contributed by atoms with Gasteiger partial charge in [-0.05, 0) is 13.3 Å². The second-order valence-electron chi connectivity index (χ2n) is 2.69. The molecule has 76 valence electrons. The third kappa shape index (κ3) is 6.16. The zero-order valence-corrected chi connectivity index (χ0v) is 8.17. The molecule has 0 aliphatic carbocycles. The number of aliphatic hydroxyl groups is 1. The van der Waals surface area contributed by atoms with Crippen LogP contribution in [0, 0.1) is 0 Å². The Morgan fingerprint density at radius 1 is 1.62 bits per heavy atom. The first-order valence-corrected chi connectivity index (χ1v) is 4.39. The molecule has 13 heavy (non-hydrogen) atoms. The molecule has 0 aromatic heterocycles. The van der Waals surface area contributed by atoms with E-state index in [0.717, 1.165) is 12.8 Å². The summed E-state index contributed by atoms with van der Waals surface area (Å²) in [6, 6.07) is 0. The molecule has 0 saturated heterocycles. The molecule has 0 fully saturated rings. The molecular formula is C9H17NO3. The van der Waals surface area contributed by atoms with E-state index in [-0.39, 0.29) is 12.6 Å². The van der Waals surface area contributed by atoms with E-state index in [1.807, 2.05) is 0 Å². The van der Waals surface area contributed by atoms with Crippen molar-refractivity contribution >= 4 is 5.91 Å². The van der Waals surface area contributed by atoms with Crippen LogP contribution in [0.15, 0.2) is 11.8 Å². The van der Waals surface area contributed by atoms with Gasteiger partial charge in [0.1, 0.15) is 6.73 Å². The normalized spacial score (nSPS) is 11.2. The van der Waals surface area contributed by atoms with Crippen LogP contribution in [0.2, 0.25) is 0 Å². The molecule has 0 bridgehead atoms. The van der Waals surface area contributed by atoms with Gasteiger partial charge >= 0.3 is 0 Å². The third-order valence-electron chi connectivity index (χ3n) is 1.47. The summed E-state index contributed by atoms with van der Waals surface area (Å²) in [5.74, 6) is -0.306. The maximum Gasteiger partial charge on any atom is 0.251 e. The lowest BCUT2D eigenvalue weighted by Crippen LogP contribution is -2.24. The van der Waals surface area contributed by atoms with Crippen LogP contribution in [0.5, 0.6) is 0 Å². The van der Waals surface area contributed by atoms with Crippen molar-refractivity contribution < 1.29 is 14.6 Å². The molecular weight excluding hydrogens is 170 g/mol. The van der Waals surface area contributed by atoms with Crippen molar-refractivity contribution in [1.29, 1.82) is 0 Å². The molecule has 4 nitrogen and oxygen atoms in total. The predicted octanol–water partition coefficient (Wildman–Crippen LogP) is 0.773. The first-order valence-electron chi connectivity index (χ1n) is 4.39. The Bertz CT molecular complexity index is 178. The summed E-state index contributed by atoms with van der Waals surface area (Å²) in [6.07, 6.45) is 3.46. The van der Waals surface area contributed by atoms with E-state index in [1.54, 1.807) is 6.92 Å². The topological polar surface area (TPSA) is 58.6 Å². The van der Waals surface area contributed by atoms with Gasteiger partial charge in [-0.2, -0.15) is 0 Å². The summed E-state index contributed by atoms with van der Waals surface area (Å²) in [4.78, 5) is 11.0. The van der Waals surface area contributed by atoms with Gasteiger partial charge in [0, 0.05) is 5.57 Å². The van der Waals surface area contributed by atoms with Crippen molar-refractivity contribution in [3.05, 3.63) is 11.8 Å². The van der Waals surface area contributed by atoms with Gasteiger partial charge in [0.2, 0.25) is 0 Å². The highest BCUT2D eigenvalue weighted by Crippen LogP contribution is 1.95. The summed E-state index contributed by atoms with van der Waals surface area (Å²) < 4.78 is 5.10. The van der Waals surface area contributed by atoms with Gasteiger partial charge in [0.25, 0.3) is 5.91 Å². The van der Waals surface area contributed by atoms with Crippen molar-refractivity contribution in [2.24, 2.45) is 0 Å². The van der Waals surface area contributed by atoms with Gasteiger partial charge in [0.05, 0.1) is 12.9 Å². The van der Waals surface area contributed by atoms with Gasteiger partial charge < -0.3 is 15.2 Å². The Morgan fingerprint density at radius 3 is 2.85 bits per heavy atom. The summed E-state index contributed by atoms with van der Waals surface area (Å²) in [5, 5.41) is 10.6. The smallest absolute Gasteiger partial charge is 0.251 e. The molecule has 0 aromatic carbocycles. The fourth-order valence-corrected chi connectivity index (χ4v) is 0.676. The number of carbonyl (C=O) groups excluding carboxylic acids is 1. The molecule has 4 heteroatoms. The molecule has 1 amide bonds. The van der Waals surface area contributed by atoms with E-state index < -0.39 is 0 Å². The van der Waals surface area contributed by atoms with Gasteiger partial charge in [-0.25, -0.2) is 0 Å². The maximum absolute atomic E-state index is 11.0. The number of nitrogens with one attached hydrogen (secondary N) is 1. The van der Waals surface area contributed by atoms with E-state index >= 15 is 0 Å². The van der Waals surface area contributed by atoms with Crippen molar-refractivity contribution in [2.75, 3.05) is 13.3 Å². The Morgan fingerprint density at radius 2 is 2.31 bits per heavy atom. The zero-order chi connectivity index (χ0) is 10.1. The monoisotopic (exact) mass is 187 g/mol. The van der Waals surface area contributed by atoms with Crippen molar-refractivity contribution in [3.63, 3.8) is 0 Å². The molecule has 0 saturated carbocycles. The molecule has 0 aliphatic heterocycles. The molecule has 0 radical (unpaired) electrons. The van der Waals surface area contributed by atoms with Crippen molar-refractivity contribution in [2.45, 2.75) is 26.7 Å². The average Bonchev–Trinajstić information content (AvgIpc) is 2.12. The summed E-state index contributed by atoms with van der Waals surface area (Å²) in [7, 11) is 0. The number of hydrogen-bond acceptors (Lipinski definition) is 3. The maximum atomic E-state index is 11.0. The second kappa shape index (κ2) is 7.61. The van der Waals surface area contributed by atoms with E-state index in [4.69, 9.17) is 9.84 Å². The van der Waals surface area contributed by atoms with Gasteiger partial charge in [0.15, 0.2) is 0 Å². The van der Waals surface area contributed by atoms with E-state index in [1.165, 1.54) is 6.26 Å². The van der Waals surface area contributed by atoms with Gasteiger partial charge in [-0.1, -0.05) is 13.3 Å². The van der Waals surface area contributed by atoms with Crippen LogP contribution in [0.25, 0.3) is 0 Å². The molecule has 0 aromatic rings. The number of unbranched alkanes of at least 4 members (excludes halogenated alkanes) is 1. The molecule has 0 spiro atoms. The summed E-state index contributed by atoms with van der Waals surface area (Å²) in [6.45, 7) is 3.98. The lowest BCUT2D eigenvalue weighted by atomic mass is 10.3. The standard InChI is InChI=1S/C9H17NO3/c1-3-4-5-13-6-8(2)9(12)10-7-11/h6,11H,3-5,7H2,1-2H3,(H,10,12)/b8-6+. The van der Waals surface area contributed by atoms with E-state index in [0.29, 0.717) is 12.2 Å². The molecule has 0 rings (SSSR count). The quantitative estimate of drug-likeness (QED) is 0.279. The van der Waals surface area contributed by atoms with Crippen LogP contribution in [0.3, 0.4) is 0 Å². The lowest BCUT2D eigenvalue weighted by Gasteiger charge is -2.02. The highest BCUT2D eigenvalue weighted by atomic mass is 16.5. The second-order valence-corrected chi connectivity index (χ2v) is 2.69. The number of aliphatic hydroxyl groups excluding tert-OH is 1. The number of ether oxygens (including phenoxy) is 1. The Hall–Kier alpha value is -1.03. The zero-order valence-electron chi connectivity index (χ0n) is 8.17. The fraction of sp³-hybridized carbons (Fsp3) is 0.667. The first kappa shape index (κ1) is 12.0. The Labute approximate surface area is 78.6 Å².